The maximum atomic E-state index is 13.4. The zero-order valence-corrected chi connectivity index (χ0v) is 28.0. The molecular weight excluding hydrogens is 520 g/mol. The van der Waals surface area contributed by atoms with Gasteiger partial charge in [0.15, 0.2) is 5.78 Å². The molecule has 4 saturated carbocycles. The van der Waals surface area contributed by atoms with Crippen molar-refractivity contribution < 1.29 is 14.4 Å². The van der Waals surface area contributed by atoms with Crippen LogP contribution >= 0.6 is 0 Å². The highest BCUT2D eigenvalue weighted by molar-refractivity contribution is 6.00. The number of nitrogens with one attached hydrogen (secondary N) is 1. The predicted octanol–water partition coefficient (Wildman–Crippen LogP) is 7.48. The number of likely N-dealkylation sites (tertiary alicyclic amines) is 1. The standard InChI is InChI=1S/C37H58N2O3/c1-23(2)31-25(40)22-34(5)18-19-36(7)24(32(31)34)11-12-27-35(6)16-14-28(33(3,4)26(35)13-17-37(27,36)8)38-29(41)15-21-39-20-9-10-30(39)42/h23-24,26-28H,9-22H2,1-8H3,(H,38,41)/t24-,26+,27-,28?,34+,35+,36-,37-/m1/s1. The number of nitrogens with zero attached hydrogens (tertiary/aromatic N) is 1. The molecule has 5 nitrogen and oxygen atoms in total. The molecular formula is C37H58N2O3. The van der Waals surface area contributed by atoms with Crippen LogP contribution in [0.4, 0.5) is 0 Å². The van der Waals surface area contributed by atoms with Gasteiger partial charge in [-0.05, 0) is 114 Å². The second kappa shape index (κ2) is 9.93. The highest BCUT2D eigenvalue weighted by atomic mass is 16.2. The smallest absolute Gasteiger partial charge is 0.222 e. The largest absolute Gasteiger partial charge is 0.353 e. The third-order valence-corrected chi connectivity index (χ3v) is 14.9. The normalized spacial score (nSPS) is 44.5. The molecule has 5 fully saturated rings. The van der Waals surface area contributed by atoms with Crippen molar-refractivity contribution in [2.45, 2.75) is 138 Å². The van der Waals surface area contributed by atoms with E-state index in [0.29, 0.717) is 48.8 Å². The molecule has 0 aromatic heterocycles. The van der Waals surface area contributed by atoms with Gasteiger partial charge in [-0.25, -0.2) is 0 Å². The summed E-state index contributed by atoms with van der Waals surface area (Å²) >= 11 is 0. The van der Waals surface area contributed by atoms with E-state index in [0.717, 1.165) is 32.2 Å². The summed E-state index contributed by atoms with van der Waals surface area (Å²) < 4.78 is 0. The first-order chi connectivity index (χ1) is 19.6. The first-order valence-corrected chi connectivity index (χ1v) is 17.4. The summed E-state index contributed by atoms with van der Waals surface area (Å²) in [6.07, 6.45) is 12.3. The Morgan fingerprint density at radius 1 is 0.905 bits per heavy atom. The summed E-state index contributed by atoms with van der Waals surface area (Å²) in [4.78, 5) is 40.4. The second-order valence-corrected chi connectivity index (χ2v) is 17.5. The Hall–Kier alpha value is -1.65. The van der Waals surface area contributed by atoms with Crippen molar-refractivity contribution in [2.24, 2.45) is 50.7 Å². The van der Waals surface area contributed by atoms with Crippen molar-refractivity contribution in [2.75, 3.05) is 13.1 Å². The minimum Gasteiger partial charge on any atom is -0.353 e. The van der Waals surface area contributed by atoms with Gasteiger partial charge in [-0.15, -0.1) is 0 Å². The number of hydrogen-bond acceptors (Lipinski definition) is 3. The van der Waals surface area contributed by atoms with Crippen molar-refractivity contribution in [3.05, 3.63) is 11.1 Å². The monoisotopic (exact) mass is 578 g/mol. The lowest BCUT2D eigenvalue weighted by Gasteiger charge is -2.72. The average Bonchev–Trinajstić information content (AvgIpc) is 3.43. The molecule has 0 bridgehead atoms. The zero-order chi connectivity index (χ0) is 30.5. The Kier molecular flexibility index (Phi) is 7.18. The van der Waals surface area contributed by atoms with Crippen LogP contribution in [-0.2, 0) is 14.4 Å². The number of amides is 2. The van der Waals surface area contributed by atoms with Gasteiger partial charge in [0.2, 0.25) is 11.8 Å². The minimum absolute atomic E-state index is 0.0293. The molecule has 1 heterocycles. The molecule has 0 aromatic rings. The van der Waals surface area contributed by atoms with E-state index in [2.05, 4.69) is 60.7 Å². The van der Waals surface area contributed by atoms with Crippen LogP contribution in [0, 0.1) is 50.7 Å². The first kappa shape index (κ1) is 30.4. The number of rotatable bonds is 5. The molecule has 6 rings (SSSR count). The lowest BCUT2D eigenvalue weighted by molar-refractivity contribution is -0.216. The Morgan fingerprint density at radius 3 is 2.31 bits per heavy atom. The molecule has 5 aliphatic carbocycles. The SMILES string of the molecule is CC(C)C1=C2[C@H]3CC[C@@H]4[C@@]5(C)CCC(NC(=O)CCN6CCCC6=O)C(C)(C)[C@@H]5CC[C@@]4(C)[C@]3(C)CC[C@@]2(C)CC1=O. The molecule has 8 atom stereocenters. The third kappa shape index (κ3) is 4.16. The maximum absolute atomic E-state index is 13.4. The first-order valence-electron chi connectivity index (χ1n) is 17.4. The van der Waals surface area contributed by atoms with Crippen LogP contribution in [0.1, 0.15) is 132 Å². The van der Waals surface area contributed by atoms with Crippen molar-refractivity contribution in [3.63, 3.8) is 0 Å². The summed E-state index contributed by atoms with van der Waals surface area (Å²) in [7, 11) is 0. The fraction of sp³-hybridized carbons (Fsp3) is 0.865. The topological polar surface area (TPSA) is 66.5 Å². The number of carbonyl (C=O) groups is 3. The minimum atomic E-state index is 0.0293. The molecule has 1 unspecified atom stereocenters. The summed E-state index contributed by atoms with van der Waals surface area (Å²) in [6.45, 7) is 21.0. The van der Waals surface area contributed by atoms with Crippen molar-refractivity contribution >= 4 is 17.6 Å². The summed E-state index contributed by atoms with van der Waals surface area (Å²) in [5.41, 5.74) is 3.62. The van der Waals surface area contributed by atoms with E-state index in [1.165, 1.54) is 44.1 Å². The van der Waals surface area contributed by atoms with E-state index in [4.69, 9.17) is 0 Å². The Bertz CT molecular complexity index is 1200. The molecule has 2 amide bonds. The van der Waals surface area contributed by atoms with Crippen LogP contribution in [0.3, 0.4) is 0 Å². The van der Waals surface area contributed by atoms with Gasteiger partial charge in [0.1, 0.15) is 0 Å². The van der Waals surface area contributed by atoms with Gasteiger partial charge < -0.3 is 10.2 Å². The number of Topliss-reactive ketones (excluding diaryl/α,β-unsaturated/α-hetero) is 1. The Morgan fingerprint density at radius 2 is 1.64 bits per heavy atom. The van der Waals surface area contributed by atoms with Crippen LogP contribution in [0.2, 0.25) is 0 Å². The fourth-order valence-electron chi connectivity index (χ4n) is 12.6. The molecule has 0 aromatic carbocycles. The van der Waals surface area contributed by atoms with Gasteiger partial charge in [-0.3, -0.25) is 14.4 Å². The number of ketones is 1. The summed E-state index contributed by atoms with van der Waals surface area (Å²) in [6, 6.07) is 0.187. The van der Waals surface area contributed by atoms with E-state index in [9.17, 15) is 14.4 Å². The maximum Gasteiger partial charge on any atom is 0.222 e. The van der Waals surface area contributed by atoms with Gasteiger partial charge in [0, 0.05) is 38.4 Å². The van der Waals surface area contributed by atoms with Crippen LogP contribution in [0.15, 0.2) is 11.1 Å². The van der Waals surface area contributed by atoms with Gasteiger partial charge in [0.05, 0.1) is 0 Å². The molecule has 0 radical (unpaired) electrons. The third-order valence-electron chi connectivity index (χ3n) is 14.9. The van der Waals surface area contributed by atoms with Crippen molar-refractivity contribution in [1.82, 2.24) is 10.2 Å². The van der Waals surface area contributed by atoms with Crippen LogP contribution in [0.5, 0.6) is 0 Å². The molecule has 6 aliphatic rings. The predicted molar refractivity (Wildman–Crippen MR) is 167 cm³/mol. The van der Waals surface area contributed by atoms with Gasteiger partial charge in [-0.1, -0.05) is 61.0 Å². The van der Waals surface area contributed by atoms with Crippen molar-refractivity contribution in [3.8, 4) is 0 Å². The molecule has 1 N–H and O–H groups in total. The lowest BCUT2D eigenvalue weighted by atomic mass is 9.33. The van der Waals surface area contributed by atoms with Crippen LogP contribution in [-0.4, -0.2) is 41.6 Å². The molecule has 1 aliphatic heterocycles. The highest BCUT2D eigenvalue weighted by Gasteiger charge is 2.69. The molecule has 0 spiro atoms. The molecule has 1 saturated heterocycles. The quantitative estimate of drug-likeness (QED) is 0.368. The number of allylic oxidation sites excluding steroid dienone is 2. The van der Waals surface area contributed by atoms with E-state index >= 15 is 0 Å². The van der Waals surface area contributed by atoms with Gasteiger partial charge >= 0.3 is 0 Å². The van der Waals surface area contributed by atoms with Crippen LogP contribution in [0.25, 0.3) is 0 Å². The number of hydrogen-bond donors (Lipinski definition) is 1. The van der Waals surface area contributed by atoms with Gasteiger partial charge in [0.25, 0.3) is 0 Å². The second-order valence-electron chi connectivity index (χ2n) is 17.5. The fourth-order valence-corrected chi connectivity index (χ4v) is 12.6. The van der Waals surface area contributed by atoms with E-state index < -0.39 is 0 Å². The Balaban J connectivity index is 1.23. The van der Waals surface area contributed by atoms with Crippen LogP contribution < -0.4 is 5.32 Å². The molecule has 234 valence electrons. The summed E-state index contributed by atoms with van der Waals surface area (Å²) in [5, 5.41) is 3.47. The highest BCUT2D eigenvalue weighted by Crippen LogP contribution is 2.76. The molecule has 42 heavy (non-hydrogen) atoms. The lowest BCUT2D eigenvalue weighted by Crippen LogP contribution is -2.66. The zero-order valence-electron chi connectivity index (χ0n) is 28.0. The molecule has 5 heteroatoms. The summed E-state index contributed by atoms with van der Waals surface area (Å²) in [5.74, 6) is 2.84. The van der Waals surface area contributed by atoms with Gasteiger partial charge in [-0.2, -0.15) is 0 Å². The van der Waals surface area contributed by atoms with E-state index in [1.807, 2.05) is 4.90 Å². The Labute approximate surface area is 255 Å². The van der Waals surface area contributed by atoms with E-state index in [-0.39, 0.29) is 44.9 Å². The average molecular weight is 579 g/mol. The number of carbonyl (C=O) groups excluding carboxylic acids is 3. The van der Waals surface area contributed by atoms with E-state index in [1.54, 1.807) is 5.57 Å². The number of fused-ring (bicyclic) bond motifs is 7. The van der Waals surface area contributed by atoms with Crippen molar-refractivity contribution in [1.29, 1.82) is 0 Å².